The third kappa shape index (κ3) is 4.78. The van der Waals surface area contributed by atoms with Crippen LogP contribution < -0.4 is 5.32 Å². The van der Waals surface area contributed by atoms with E-state index in [1.807, 2.05) is 13.1 Å². The topological polar surface area (TPSA) is 39.1 Å². The van der Waals surface area contributed by atoms with Crippen LogP contribution in [0.2, 0.25) is 0 Å². The van der Waals surface area contributed by atoms with E-state index in [1.165, 1.54) is 5.69 Å². The highest BCUT2D eigenvalue weighted by molar-refractivity contribution is 5.07. The summed E-state index contributed by atoms with van der Waals surface area (Å²) in [4.78, 5) is 0. The quantitative estimate of drug-likeness (QED) is 0.652. The van der Waals surface area contributed by atoms with E-state index in [1.54, 1.807) is 0 Å². The molecule has 0 aliphatic rings. The highest BCUT2D eigenvalue weighted by Crippen LogP contribution is 2.18. The molecule has 0 spiro atoms. The smallest absolute Gasteiger partial charge is 0.0553 e. The molecule has 4 nitrogen and oxygen atoms in total. The van der Waals surface area contributed by atoms with E-state index in [-0.39, 0.29) is 0 Å². The van der Waals surface area contributed by atoms with Gasteiger partial charge in [-0.15, -0.1) is 0 Å². The van der Waals surface area contributed by atoms with Crippen LogP contribution in [-0.2, 0) is 11.3 Å². The molecule has 0 amide bonds. The third-order valence-electron chi connectivity index (χ3n) is 2.98. The first-order valence-electron chi connectivity index (χ1n) is 7.16. The summed E-state index contributed by atoms with van der Waals surface area (Å²) in [7, 11) is 0. The van der Waals surface area contributed by atoms with E-state index in [0.29, 0.717) is 6.04 Å². The van der Waals surface area contributed by atoms with E-state index in [4.69, 9.17) is 4.74 Å². The number of nitrogens with one attached hydrogen (secondary N) is 1. The van der Waals surface area contributed by atoms with Crippen LogP contribution in [0.4, 0.5) is 0 Å². The molecular weight excluding hydrogens is 226 g/mol. The summed E-state index contributed by atoms with van der Waals surface area (Å²) in [5.41, 5.74) is 1.30. The van der Waals surface area contributed by atoms with Gasteiger partial charge in [0.05, 0.1) is 5.69 Å². The maximum absolute atomic E-state index is 5.41. The van der Waals surface area contributed by atoms with Crippen LogP contribution in [0.5, 0.6) is 0 Å². The van der Waals surface area contributed by atoms with Crippen molar-refractivity contribution < 1.29 is 4.74 Å². The molecule has 0 fully saturated rings. The molecule has 1 N–H and O–H groups in total. The highest BCUT2D eigenvalue weighted by atomic mass is 16.5. The van der Waals surface area contributed by atoms with Crippen LogP contribution in [0.1, 0.15) is 51.8 Å². The van der Waals surface area contributed by atoms with Gasteiger partial charge in [0.2, 0.25) is 0 Å². The van der Waals surface area contributed by atoms with E-state index in [2.05, 4.69) is 35.0 Å². The number of aryl methyl sites for hydroxylation is 1. The Kier molecular flexibility index (Phi) is 7.69. The lowest BCUT2D eigenvalue weighted by Gasteiger charge is -2.19. The second-order valence-electron chi connectivity index (χ2n) is 4.43. The largest absolute Gasteiger partial charge is 0.382 e. The first-order valence-corrected chi connectivity index (χ1v) is 7.16. The second kappa shape index (κ2) is 9.11. The number of hydrogen-bond acceptors (Lipinski definition) is 3. The minimum absolute atomic E-state index is 0.393. The number of nitrogens with zero attached hydrogens (tertiary/aromatic N) is 2. The van der Waals surface area contributed by atoms with Gasteiger partial charge in [0, 0.05) is 32.0 Å². The van der Waals surface area contributed by atoms with E-state index in [0.717, 1.165) is 45.6 Å². The lowest BCUT2D eigenvalue weighted by Crippen LogP contribution is -2.24. The van der Waals surface area contributed by atoms with Crippen LogP contribution >= 0.6 is 0 Å². The monoisotopic (exact) mass is 253 g/mol. The summed E-state index contributed by atoms with van der Waals surface area (Å²) in [5, 5.41) is 7.94. The molecule has 0 saturated carbocycles. The Morgan fingerprint density at radius 2 is 2.22 bits per heavy atom. The zero-order chi connectivity index (χ0) is 13.2. The average molecular weight is 253 g/mol. The maximum atomic E-state index is 5.41. The molecule has 1 unspecified atom stereocenters. The van der Waals surface area contributed by atoms with Crippen molar-refractivity contribution in [2.24, 2.45) is 0 Å². The highest BCUT2D eigenvalue weighted by Gasteiger charge is 2.14. The van der Waals surface area contributed by atoms with E-state index in [9.17, 15) is 0 Å². The molecule has 1 aromatic heterocycles. The Hall–Kier alpha value is -0.870. The standard InChI is InChI=1S/C14H27N3O/c1-4-11-17-14(9-10-16-17)13(15-5-2)8-7-12-18-6-3/h9-10,13,15H,4-8,11-12H2,1-3H3. The van der Waals surface area contributed by atoms with Crippen LogP contribution in [-0.4, -0.2) is 29.5 Å². The van der Waals surface area contributed by atoms with Gasteiger partial charge < -0.3 is 10.1 Å². The molecule has 104 valence electrons. The number of ether oxygens (including phenoxy) is 1. The van der Waals surface area contributed by atoms with Crippen molar-refractivity contribution in [3.8, 4) is 0 Å². The summed E-state index contributed by atoms with van der Waals surface area (Å²) in [6.07, 6.45) is 5.20. The fraction of sp³-hybridized carbons (Fsp3) is 0.786. The molecule has 0 aliphatic carbocycles. The van der Waals surface area contributed by atoms with Gasteiger partial charge in [0.25, 0.3) is 0 Å². The van der Waals surface area contributed by atoms with Crippen molar-refractivity contribution in [3.63, 3.8) is 0 Å². The Morgan fingerprint density at radius 1 is 1.39 bits per heavy atom. The lowest BCUT2D eigenvalue weighted by atomic mass is 10.1. The lowest BCUT2D eigenvalue weighted by molar-refractivity contribution is 0.140. The van der Waals surface area contributed by atoms with E-state index >= 15 is 0 Å². The Balaban J connectivity index is 2.56. The minimum Gasteiger partial charge on any atom is -0.382 e. The molecule has 0 radical (unpaired) electrons. The molecule has 18 heavy (non-hydrogen) atoms. The van der Waals surface area contributed by atoms with Crippen molar-refractivity contribution in [1.82, 2.24) is 15.1 Å². The van der Waals surface area contributed by atoms with Crippen molar-refractivity contribution >= 4 is 0 Å². The first kappa shape index (κ1) is 15.2. The maximum Gasteiger partial charge on any atom is 0.0553 e. The van der Waals surface area contributed by atoms with Gasteiger partial charge in [0.1, 0.15) is 0 Å². The fourth-order valence-electron chi connectivity index (χ4n) is 2.17. The Labute approximate surface area is 111 Å². The molecule has 0 aromatic carbocycles. The van der Waals surface area contributed by atoms with Crippen molar-refractivity contribution in [2.75, 3.05) is 19.8 Å². The minimum atomic E-state index is 0.393. The van der Waals surface area contributed by atoms with E-state index < -0.39 is 0 Å². The van der Waals surface area contributed by atoms with Gasteiger partial charge in [-0.3, -0.25) is 4.68 Å². The predicted molar refractivity (Wildman–Crippen MR) is 74.7 cm³/mol. The predicted octanol–water partition coefficient (Wildman–Crippen LogP) is 2.76. The zero-order valence-corrected chi connectivity index (χ0v) is 12.0. The Morgan fingerprint density at radius 3 is 2.89 bits per heavy atom. The summed E-state index contributed by atoms with van der Waals surface area (Å²) >= 11 is 0. The summed E-state index contributed by atoms with van der Waals surface area (Å²) in [6, 6.07) is 2.52. The van der Waals surface area contributed by atoms with Crippen LogP contribution in [0.15, 0.2) is 12.3 Å². The molecule has 0 aliphatic heterocycles. The normalized spacial score (nSPS) is 12.8. The van der Waals surface area contributed by atoms with Crippen LogP contribution in [0.25, 0.3) is 0 Å². The van der Waals surface area contributed by atoms with Gasteiger partial charge >= 0.3 is 0 Å². The van der Waals surface area contributed by atoms with Gasteiger partial charge in [-0.25, -0.2) is 0 Å². The van der Waals surface area contributed by atoms with Crippen molar-refractivity contribution in [3.05, 3.63) is 18.0 Å². The van der Waals surface area contributed by atoms with Crippen LogP contribution in [0.3, 0.4) is 0 Å². The summed E-state index contributed by atoms with van der Waals surface area (Å²) in [5.74, 6) is 0. The van der Waals surface area contributed by atoms with Gasteiger partial charge in [-0.05, 0) is 38.8 Å². The molecule has 1 heterocycles. The number of aromatic nitrogens is 2. The second-order valence-corrected chi connectivity index (χ2v) is 4.43. The Bertz CT molecular complexity index is 312. The molecular formula is C14H27N3O. The summed E-state index contributed by atoms with van der Waals surface area (Å²) < 4.78 is 7.53. The fourth-order valence-corrected chi connectivity index (χ4v) is 2.17. The van der Waals surface area contributed by atoms with Gasteiger partial charge in [0.15, 0.2) is 0 Å². The zero-order valence-electron chi connectivity index (χ0n) is 12.0. The average Bonchev–Trinajstić information content (AvgIpc) is 2.82. The summed E-state index contributed by atoms with van der Waals surface area (Å²) in [6.45, 7) is 10.0. The molecule has 0 saturated heterocycles. The van der Waals surface area contributed by atoms with Gasteiger partial charge in [-0.1, -0.05) is 13.8 Å². The number of hydrogen-bond donors (Lipinski definition) is 1. The number of rotatable bonds is 10. The SMILES string of the molecule is CCCn1nccc1C(CCCOCC)NCC. The molecule has 0 bridgehead atoms. The van der Waals surface area contributed by atoms with Crippen molar-refractivity contribution in [1.29, 1.82) is 0 Å². The van der Waals surface area contributed by atoms with Crippen LogP contribution in [0, 0.1) is 0 Å². The molecule has 1 atom stereocenters. The van der Waals surface area contributed by atoms with Gasteiger partial charge in [-0.2, -0.15) is 5.10 Å². The third-order valence-corrected chi connectivity index (χ3v) is 2.98. The molecule has 4 heteroatoms. The molecule has 1 aromatic rings. The van der Waals surface area contributed by atoms with Crippen molar-refractivity contribution in [2.45, 2.75) is 52.6 Å². The molecule has 1 rings (SSSR count). The first-order chi connectivity index (χ1) is 8.83.